The number of ether oxygens (including phenoxy) is 3. The number of rotatable bonds is 10. The minimum absolute atomic E-state index is 0.0173. The van der Waals surface area contributed by atoms with Crippen LogP contribution in [0, 0.1) is 23.7 Å². The lowest BCUT2D eigenvalue weighted by molar-refractivity contribution is -0.576. The molecule has 212 valence electrons. The van der Waals surface area contributed by atoms with E-state index in [0.29, 0.717) is 30.5 Å². The van der Waals surface area contributed by atoms with Crippen LogP contribution in [0.25, 0.3) is 0 Å². The Labute approximate surface area is 236 Å². The molecule has 1 aliphatic carbocycles. The molecule has 8 atom stereocenters. The van der Waals surface area contributed by atoms with Crippen molar-refractivity contribution in [3.63, 3.8) is 0 Å². The smallest absolute Gasteiger partial charge is 0.308 e. The largest absolute Gasteiger partial charge is 0.435 e. The number of alkyl halides is 2. The zero-order valence-electron chi connectivity index (χ0n) is 22.7. The lowest BCUT2D eigenvalue weighted by Crippen LogP contribution is -2.70. The fourth-order valence-corrected chi connectivity index (χ4v) is 7.49. The molecule has 1 unspecified atom stereocenters. The molecule has 5 fully saturated rings. The van der Waals surface area contributed by atoms with E-state index in [1.165, 1.54) is 5.56 Å². The van der Waals surface area contributed by atoms with Crippen LogP contribution in [0.1, 0.15) is 64.9 Å². The van der Waals surface area contributed by atoms with Gasteiger partial charge in [0.2, 0.25) is 12.1 Å². The summed E-state index contributed by atoms with van der Waals surface area (Å²) in [6, 6.07) is 8.38. The first-order valence-corrected chi connectivity index (χ1v) is 15.2. The molecule has 4 saturated heterocycles. The Balaban J connectivity index is 1.17. The highest BCUT2D eigenvalue weighted by atomic mass is 35.5. The van der Waals surface area contributed by atoms with Gasteiger partial charge in [-0.25, -0.2) is 9.78 Å². The van der Waals surface area contributed by atoms with Gasteiger partial charge in [-0.3, -0.25) is 4.79 Å². The molecule has 7 nitrogen and oxygen atoms in total. The zero-order chi connectivity index (χ0) is 26.9. The minimum Gasteiger partial charge on any atom is -0.435 e. The maximum absolute atomic E-state index is 12.9. The van der Waals surface area contributed by atoms with E-state index in [9.17, 15) is 4.79 Å². The highest BCUT2D eigenvalue weighted by Crippen LogP contribution is 2.60. The Morgan fingerprint density at radius 2 is 1.79 bits per heavy atom. The van der Waals surface area contributed by atoms with Gasteiger partial charge >= 0.3 is 5.97 Å². The first-order chi connectivity index (χ1) is 18.3. The third kappa shape index (κ3) is 5.44. The van der Waals surface area contributed by atoms with E-state index in [2.05, 4.69) is 43.0 Å². The predicted molar refractivity (Wildman–Crippen MR) is 146 cm³/mol. The number of carbonyl (C=O) groups excluding carboxylic acids is 1. The molecule has 2 bridgehead atoms. The number of benzene rings is 1. The zero-order valence-corrected chi connectivity index (χ0v) is 24.2. The van der Waals surface area contributed by atoms with Crippen LogP contribution >= 0.6 is 23.2 Å². The van der Waals surface area contributed by atoms with Gasteiger partial charge in [-0.1, -0.05) is 26.0 Å². The number of hydrogen-bond acceptors (Lipinski definition) is 7. The molecule has 0 radical (unpaired) electrons. The second-order valence-electron chi connectivity index (χ2n) is 11.6. The van der Waals surface area contributed by atoms with Gasteiger partial charge in [0.1, 0.15) is 0 Å². The number of hydrogen-bond donors (Lipinski definition) is 0. The molecule has 4 heterocycles. The van der Waals surface area contributed by atoms with E-state index in [1.807, 2.05) is 6.92 Å². The van der Waals surface area contributed by atoms with Crippen LogP contribution in [-0.4, -0.2) is 54.8 Å². The van der Waals surface area contributed by atoms with Crippen LogP contribution in [0.15, 0.2) is 24.3 Å². The summed E-state index contributed by atoms with van der Waals surface area (Å²) in [4.78, 5) is 27.1. The average molecular weight is 571 g/mol. The topological polar surface area (TPSA) is 66.5 Å². The van der Waals surface area contributed by atoms with E-state index < -0.39 is 24.0 Å². The van der Waals surface area contributed by atoms with Crippen molar-refractivity contribution < 1.29 is 28.8 Å². The van der Waals surface area contributed by atoms with Crippen LogP contribution in [-0.2, 0) is 35.2 Å². The third-order valence-corrected chi connectivity index (χ3v) is 9.54. The number of nitrogens with zero attached hydrogens (tertiary/aromatic N) is 1. The van der Waals surface area contributed by atoms with Crippen molar-refractivity contribution in [2.75, 3.05) is 29.7 Å². The highest BCUT2D eigenvalue weighted by Gasteiger charge is 2.69. The van der Waals surface area contributed by atoms with Crippen molar-refractivity contribution in [2.45, 2.75) is 89.7 Å². The monoisotopic (exact) mass is 569 g/mol. The third-order valence-electron chi connectivity index (χ3n) is 9.20. The van der Waals surface area contributed by atoms with Crippen molar-refractivity contribution in [3.8, 4) is 0 Å². The molecule has 5 aliphatic rings. The van der Waals surface area contributed by atoms with E-state index in [4.69, 9.17) is 47.2 Å². The molecule has 1 spiro atoms. The number of anilines is 1. The summed E-state index contributed by atoms with van der Waals surface area (Å²) >= 11 is 11.9. The molecule has 6 rings (SSSR count). The second kappa shape index (κ2) is 11.8. The maximum Gasteiger partial charge on any atom is 0.308 e. The SMILES string of the molecule is C[C@@H]1CC[C@H]2[C@@H](C)C(OC(=O)CCCc3ccc(N(CCCl)CCCl)cc3)O[C@@H]3O[C@@]4(C)CC[C@@H]1[C@]32OO4. The van der Waals surface area contributed by atoms with Crippen LogP contribution in [0.3, 0.4) is 0 Å². The number of esters is 1. The van der Waals surface area contributed by atoms with Gasteiger partial charge < -0.3 is 19.1 Å². The summed E-state index contributed by atoms with van der Waals surface area (Å²) < 4.78 is 18.7. The quantitative estimate of drug-likeness (QED) is 0.193. The van der Waals surface area contributed by atoms with Gasteiger partial charge in [0.05, 0.1) is 0 Å². The molecule has 0 N–H and O–H groups in total. The Hall–Kier alpha value is -1.09. The molecule has 1 saturated carbocycles. The molecule has 0 amide bonds. The van der Waals surface area contributed by atoms with Crippen molar-refractivity contribution in [1.82, 2.24) is 0 Å². The predicted octanol–water partition coefficient (Wildman–Crippen LogP) is 6.04. The summed E-state index contributed by atoms with van der Waals surface area (Å²) in [7, 11) is 0. The summed E-state index contributed by atoms with van der Waals surface area (Å²) in [5.41, 5.74) is 1.64. The van der Waals surface area contributed by atoms with E-state index >= 15 is 0 Å². The highest BCUT2D eigenvalue weighted by molar-refractivity contribution is 6.18. The van der Waals surface area contributed by atoms with Crippen LogP contribution in [0.4, 0.5) is 5.69 Å². The number of carbonyl (C=O) groups is 1. The lowest BCUT2D eigenvalue weighted by Gasteiger charge is -2.59. The Bertz CT molecular complexity index is 959. The lowest BCUT2D eigenvalue weighted by atomic mass is 9.58. The van der Waals surface area contributed by atoms with Gasteiger partial charge in [-0.2, -0.15) is 0 Å². The molecule has 1 aromatic rings. The van der Waals surface area contributed by atoms with Crippen LogP contribution in [0.5, 0.6) is 0 Å². The molecule has 0 aromatic heterocycles. The summed E-state index contributed by atoms with van der Waals surface area (Å²) in [5, 5.41) is 0. The first-order valence-electron chi connectivity index (χ1n) is 14.1. The second-order valence-corrected chi connectivity index (χ2v) is 12.4. The van der Waals surface area contributed by atoms with Gasteiger partial charge in [0.15, 0.2) is 11.9 Å². The first kappa shape index (κ1) is 28.4. The average Bonchev–Trinajstić information content (AvgIpc) is 3.13. The molecule has 38 heavy (non-hydrogen) atoms. The molecular weight excluding hydrogens is 529 g/mol. The number of halogens is 2. The normalized spacial score (nSPS) is 37.8. The van der Waals surface area contributed by atoms with E-state index in [-0.39, 0.29) is 23.7 Å². The summed E-state index contributed by atoms with van der Waals surface area (Å²) in [6.07, 6.45) is 4.39. The maximum atomic E-state index is 12.9. The molecular formula is C29H41Cl2NO6. The van der Waals surface area contributed by atoms with Gasteiger partial charge in [0.25, 0.3) is 0 Å². The van der Waals surface area contributed by atoms with Crippen molar-refractivity contribution in [3.05, 3.63) is 29.8 Å². The van der Waals surface area contributed by atoms with Crippen molar-refractivity contribution in [2.24, 2.45) is 23.7 Å². The fraction of sp³-hybridized carbons (Fsp3) is 0.759. The van der Waals surface area contributed by atoms with Gasteiger partial charge in [-0.05, 0) is 68.6 Å². The molecule has 4 aliphatic heterocycles. The van der Waals surface area contributed by atoms with Gasteiger partial charge in [-0.15, -0.1) is 23.2 Å². The fourth-order valence-electron chi connectivity index (χ4n) is 7.08. The summed E-state index contributed by atoms with van der Waals surface area (Å²) in [6.45, 7) is 7.80. The Kier molecular flexibility index (Phi) is 8.83. The molecule has 1 aromatic carbocycles. The van der Waals surface area contributed by atoms with Crippen molar-refractivity contribution >= 4 is 34.9 Å². The Morgan fingerprint density at radius 1 is 1.05 bits per heavy atom. The van der Waals surface area contributed by atoms with Crippen LogP contribution < -0.4 is 4.90 Å². The number of fused-ring (bicyclic) bond motifs is 2. The number of aryl methyl sites for hydroxylation is 1. The van der Waals surface area contributed by atoms with E-state index in [0.717, 1.165) is 50.9 Å². The van der Waals surface area contributed by atoms with Gasteiger partial charge in [0, 0.05) is 55.2 Å². The van der Waals surface area contributed by atoms with Crippen molar-refractivity contribution in [1.29, 1.82) is 0 Å². The summed E-state index contributed by atoms with van der Waals surface area (Å²) in [5.74, 6) is 0.930. The minimum atomic E-state index is -0.840. The Morgan fingerprint density at radius 3 is 2.50 bits per heavy atom. The van der Waals surface area contributed by atoms with Crippen LogP contribution in [0.2, 0.25) is 0 Å². The standard InChI is InChI=1S/C29H41Cl2NO6/c1-19-7-12-24-20(2)26(35-27-29(24)23(19)13-14-28(3,36-27)37-38-29)34-25(33)6-4-5-21-8-10-22(11-9-21)32(17-15-30)18-16-31/h8-11,19-20,23-24,26-27H,4-7,12-18H2,1-3H3/t19-,20-,23+,24+,26?,27-,28-,29-/m1/s1. The molecule has 9 heteroatoms. The van der Waals surface area contributed by atoms with E-state index in [1.54, 1.807) is 0 Å².